The Labute approximate surface area is 123 Å². The predicted molar refractivity (Wildman–Crippen MR) is 79.1 cm³/mol. The molecule has 2 N–H and O–H groups in total. The fraction of sp³-hybridized carbons (Fsp3) is 0.467. The largest absolute Gasteiger partial charge is 0.378 e. The normalized spacial score (nSPS) is 22.7. The van der Waals surface area contributed by atoms with E-state index in [-0.39, 0.29) is 18.2 Å². The van der Waals surface area contributed by atoms with Crippen LogP contribution in [0.1, 0.15) is 6.42 Å². The van der Waals surface area contributed by atoms with Gasteiger partial charge in [0.2, 0.25) is 11.8 Å². The lowest BCUT2D eigenvalue weighted by molar-refractivity contribution is -0.123. The Hall–Kier alpha value is -2.08. The molecule has 3 rings (SSSR count). The van der Waals surface area contributed by atoms with Gasteiger partial charge in [0.05, 0.1) is 19.1 Å². The van der Waals surface area contributed by atoms with E-state index in [1.54, 1.807) is 4.90 Å². The Bertz CT molecular complexity index is 538. The number of amides is 2. The maximum atomic E-state index is 12.0. The number of rotatable bonds is 3. The Morgan fingerprint density at radius 2 is 1.76 bits per heavy atom. The fourth-order valence-electron chi connectivity index (χ4n) is 2.81. The van der Waals surface area contributed by atoms with E-state index in [1.807, 2.05) is 24.3 Å². The van der Waals surface area contributed by atoms with E-state index in [0.29, 0.717) is 6.54 Å². The van der Waals surface area contributed by atoms with Crippen molar-refractivity contribution in [2.75, 3.05) is 42.6 Å². The van der Waals surface area contributed by atoms with Gasteiger partial charge in [0, 0.05) is 37.4 Å². The minimum atomic E-state index is -0.407. The second-order valence-electron chi connectivity index (χ2n) is 5.42. The van der Waals surface area contributed by atoms with Crippen molar-refractivity contribution < 1.29 is 14.3 Å². The molecule has 112 valence electrons. The predicted octanol–water partition coefficient (Wildman–Crippen LogP) is 0.361. The maximum absolute atomic E-state index is 12.0. The number of carbonyl (C=O) groups excluding carboxylic acids is 2. The highest BCUT2D eigenvalue weighted by atomic mass is 16.5. The van der Waals surface area contributed by atoms with Gasteiger partial charge in [0.15, 0.2) is 0 Å². The van der Waals surface area contributed by atoms with Crippen molar-refractivity contribution in [3.63, 3.8) is 0 Å². The molecule has 2 aliphatic rings. The van der Waals surface area contributed by atoms with Crippen LogP contribution in [0.3, 0.4) is 0 Å². The molecule has 6 heteroatoms. The Morgan fingerprint density at radius 1 is 1.14 bits per heavy atom. The molecule has 2 aliphatic heterocycles. The fourth-order valence-corrected chi connectivity index (χ4v) is 2.81. The third-order valence-electron chi connectivity index (χ3n) is 4.07. The van der Waals surface area contributed by atoms with Crippen LogP contribution < -0.4 is 15.5 Å². The van der Waals surface area contributed by atoms with E-state index in [0.717, 1.165) is 37.7 Å². The molecule has 2 fully saturated rings. The van der Waals surface area contributed by atoms with Crippen LogP contribution in [0.5, 0.6) is 0 Å². The maximum Gasteiger partial charge on any atom is 0.227 e. The number of hydrogen-bond donors (Lipinski definition) is 1. The molecule has 0 spiro atoms. The number of morpholine rings is 1. The standard InChI is InChI=1S/C15H19N3O3/c16-15(20)11-9-14(19)18(10-11)13-3-1-12(2-4-13)17-5-7-21-8-6-17/h1-4,11H,5-10H2,(H2,16,20). The zero-order valence-electron chi connectivity index (χ0n) is 11.8. The van der Waals surface area contributed by atoms with Gasteiger partial charge in [-0.1, -0.05) is 0 Å². The molecule has 0 bridgehead atoms. The molecule has 2 saturated heterocycles. The summed E-state index contributed by atoms with van der Waals surface area (Å²) in [5.74, 6) is -0.829. The molecule has 0 aromatic heterocycles. The highest BCUT2D eigenvalue weighted by Crippen LogP contribution is 2.27. The second-order valence-corrected chi connectivity index (χ2v) is 5.42. The van der Waals surface area contributed by atoms with Crippen LogP contribution in [0, 0.1) is 5.92 Å². The zero-order chi connectivity index (χ0) is 14.8. The lowest BCUT2D eigenvalue weighted by atomic mass is 10.1. The number of nitrogens with two attached hydrogens (primary N) is 1. The van der Waals surface area contributed by atoms with E-state index in [1.165, 1.54) is 0 Å². The Balaban J connectivity index is 1.72. The summed E-state index contributed by atoms with van der Waals surface area (Å²) in [6.07, 6.45) is 0.209. The van der Waals surface area contributed by atoms with Crippen molar-refractivity contribution in [2.24, 2.45) is 11.7 Å². The molecule has 1 aromatic rings. The highest BCUT2D eigenvalue weighted by Gasteiger charge is 2.33. The van der Waals surface area contributed by atoms with Gasteiger partial charge < -0.3 is 20.3 Å². The summed E-state index contributed by atoms with van der Waals surface area (Å²) in [6, 6.07) is 7.86. The van der Waals surface area contributed by atoms with E-state index < -0.39 is 5.91 Å². The summed E-state index contributed by atoms with van der Waals surface area (Å²) in [6.45, 7) is 3.63. The van der Waals surface area contributed by atoms with Crippen LogP contribution in [0.2, 0.25) is 0 Å². The first kappa shape index (κ1) is 13.9. The van der Waals surface area contributed by atoms with Crippen LogP contribution in [0.25, 0.3) is 0 Å². The first-order valence-corrected chi connectivity index (χ1v) is 7.17. The van der Waals surface area contributed by atoms with Gasteiger partial charge >= 0.3 is 0 Å². The van der Waals surface area contributed by atoms with E-state index in [2.05, 4.69) is 4.90 Å². The molecule has 0 radical (unpaired) electrons. The zero-order valence-corrected chi connectivity index (χ0v) is 11.8. The molecule has 1 aromatic carbocycles. The lowest BCUT2D eigenvalue weighted by Gasteiger charge is -2.29. The van der Waals surface area contributed by atoms with Gasteiger partial charge in [0.25, 0.3) is 0 Å². The van der Waals surface area contributed by atoms with Crippen molar-refractivity contribution in [3.05, 3.63) is 24.3 Å². The van der Waals surface area contributed by atoms with Crippen LogP contribution in [0.15, 0.2) is 24.3 Å². The molecular formula is C15H19N3O3. The van der Waals surface area contributed by atoms with Crippen LogP contribution in [-0.2, 0) is 14.3 Å². The number of carbonyl (C=O) groups is 2. The number of primary amides is 1. The Kier molecular flexibility index (Phi) is 3.79. The minimum absolute atomic E-state index is 0.0436. The van der Waals surface area contributed by atoms with E-state index in [4.69, 9.17) is 10.5 Å². The third-order valence-corrected chi connectivity index (χ3v) is 4.07. The van der Waals surface area contributed by atoms with Crippen LogP contribution in [0.4, 0.5) is 11.4 Å². The van der Waals surface area contributed by atoms with Gasteiger partial charge in [-0.25, -0.2) is 0 Å². The summed E-state index contributed by atoms with van der Waals surface area (Å²) < 4.78 is 5.34. The molecule has 0 aliphatic carbocycles. The summed E-state index contributed by atoms with van der Waals surface area (Å²) in [5.41, 5.74) is 7.23. The smallest absolute Gasteiger partial charge is 0.227 e. The molecule has 0 saturated carbocycles. The van der Waals surface area contributed by atoms with Gasteiger partial charge in [-0.3, -0.25) is 9.59 Å². The van der Waals surface area contributed by atoms with E-state index in [9.17, 15) is 9.59 Å². The Morgan fingerprint density at radius 3 is 2.33 bits per heavy atom. The van der Waals surface area contributed by atoms with Crippen molar-refractivity contribution >= 4 is 23.2 Å². The van der Waals surface area contributed by atoms with Crippen molar-refractivity contribution in [1.82, 2.24) is 0 Å². The number of hydrogen-bond acceptors (Lipinski definition) is 4. The van der Waals surface area contributed by atoms with Gasteiger partial charge in [-0.2, -0.15) is 0 Å². The summed E-state index contributed by atoms with van der Waals surface area (Å²) >= 11 is 0. The number of ether oxygens (including phenoxy) is 1. The second kappa shape index (κ2) is 5.73. The summed E-state index contributed by atoms with van der Waals surface area (Å²) in [4.78, 5) is 27.1. The van der Waals surface area contributed by atoms with Gasteiger partial charge in [-0.15, -0.1) is 0 Å². The quantitative estimate of drug-likeness (QED) is 0.872. The summed E-state index contributed by atoms with van der Waals surface area (Å²) in [7, 11) is 0. The SMILES string of the molecule is NC(=O)C1CC(=O)N(c2ccc(N3CCOCC3)cc2)C1. The summed E-state index contributed by atoms with van der Waals surface area (Å²) in [5, 5.41) is 0. The molecular weight excluding hydrogens is 270 g/mol. The molecule has 21 heavy (non-hydrogen) atoms. The number of nitrogens with zero attached hydrogens (tertiary/aromatic N) is 2. The van der Waals surface area contributed by atoms with Crippen molar-refractivity contribution in [3.8, 4) is 0 Å². The first-order chi connectivity index (χ1) is 10.1. The lowest BCUT2D eigenvalue weighted by Crippen LogP contribution is -2.36. The molecule has 6 nitrogen and oxygen atoms in total. The number of anilines is 2. The monoisotopic (exact) mass is 289 g/mol. The third kappa shape index (κ3) is 2.85. The average molecular weight is 289 g/mol. The van der Waals surface area contributed by atoms with Crippen LogP contribution in [-0.4, -0.2) is 44.7 Å². The van der Waals surface area contributed by atoms with Crippen molar-refractivity contribution in [1.29, 1.82) is 0 Å². The van der Waals surface area contributed by atoms with E-state index >= 15 is 0 Å². The minimum Gasteiger partial charge on any atom is -0.378 e. The highest BCUT2D eigenvalue weighted by molar-refractivity contribution is 6.00. The first-order valence-electron chi connectivity index (χ1n) is 7.17. The molecule has 1 atom stereocenters. The topological polar surface area (TPSA) is 75.9 Å². The number of benzene rings is 1. The van der Waals surface area contributed by atoms with Gasteiger partial charge in [0.1, 0.15) is 0 Å². The van der Waals surface area contributed by atoms with Crippen molar-refractivity contribution in [2.45, 2.75) is 6.42 Å². The molecule has 1 unspecified atom stereocenters. The molecule has 2 heterocycles. The van der Waals surface area contributed by atoms with Crippen LogP contribution >= 0.6 is 0 Å². The average Bonchev–Trinajstić information content (AvgIpc) is 2.91. The molecule has 2 amide bonds. The van der Waals surface area contributed by atoms with Gasteiger partial charge in [-0.05, 0) is 24.3 Å².